The number of hydrogen-bond acceptors (Lipinski definition) is 3. The zero-order valence-electron chi connectivity index (χ0n) is 11.4. The molecule has 2 aromatic carbocycles. The van der Waals surface area contributed by atoms with Crippen molar-refractivity contribution < 1.29 is 14.3 Å². The van der Waals surface area contributed by atoms with Crippen molar-refractivity contribution >= 4 is 22.3 Å². The molecule has 0 spiro atoms. The number of carbonyl (C=O) groups excluding carboxylic acids is 2. The maximum atomic E-state index is 11.7. The van der Waals surface area contributed by atoms with Crippen molar-refractivity contribution in [3.05, 3.63) is 42.0 Å². The maximum Gasteiger partial charge on any atom is 0.140 e. The summed E-state index contributed by atoms with van der Waals surface area (Å²) in [4.78, 5) is 23.3. The highest BCUT2D eigenvalue weighted by atomic mass is 16.5. The van der Waals surface area contributed by atoms with E-state index in [1.807, 2.05) is 36.4 Å². The van der Waals surface area contributed by atoms with Gasteiger partial charge in [0.25, 0.3) is 0 Å². The number of hydrogen-bond donors (Lipinski definition) is 0. The van der Waals surface area contributed by atoms with E-state index in [0.29, 0.717) is 12.8 Å². The Hall–Kier alpha value is -2.16. The van der Waals surface area contributed by atoms with Crippen LogP contribution in [-0.4, -0.2) is 18.7 Å². The van der Waals surface area contributed by atoms with Crippen LogP contribution in [0.3, 0.4) is 0 Å². The Morgan fingerprint density at radius 2 is 1.60 bits per heavy atom. The molecule has 1 fully saturated rings. The van der Waals surface area contributed by atoms with E-state index < -0.39 is 0 Å². The van der Waals surface area contributed by atoms with Crippen LogP contribution < -0.4 is 4.74 Å². The van der Waals surface area contributed by atoms with Gasteiger partial charge >= 0.3 is 0 Å². The average Bonchev–Trinajstić information content (AvgIpc) is 2.45. The molecule has 1 saturated carbocycles. The summed E-state index contributed by atoms with van der Waals surface area (Å²) in [5.74, 6) is 0.912. The quantitative estimate of drug-likeness (QED) is 0.785. The average molecular weight is 268 g/mol. The Bertz CT molecular complexity index is 672. The second kappa shape index (κ2) is 5.08. The van der Waals surface area contributed by atoms with Crippen LogP contribution in [0.1, 0.15) is 30.7 Å². The first kappa shape index (κ1) is 12.9. The molecule has 20 heavy (non-hydrogen) atoms. The summed E-state index contributed by atoms with van der Waals surface area (Å²) in [7, 11) is 1.65. The molecular weight excluding hydrogens is 252 g/mol. The van der Waals surface area contributed by atoms with Crippen molar-refractivity contribution in [3.63, 3.8) is 0 Å². The molecule has 1 aliphatic rings. The van der Waals surface area contributed by atoms with Crippen LogP contribution in [0.5, 0.6) is 5.75 Å². The summed E-state index contributed by atoms with van der Waals surface area (Å²) in [6.07, 6.45) is 1.02. The highest BCUT2D eigenvalue weighted by molar-refractivity contribution is 6.03. The third kappa shape index (κ3) is 2.20. The molecule has 3 nitrogen and oxygen atoms in total. The second-order valence-electron chi connectivity index (χ2n) is 5.26. The molecule has 0 heterocycles. The lowest BCUT2D eigenvalue weighted by Gasteiger charge is -2.22. The number of ether oxygens (including phenoxy) is 1. The number of methoxy groups -OCH3 is 1. The molecule has 0 unspecified atom stereocenters. The highest BCUT2D eigenvalue weighted by Crippen LogP contribution is 2.37. The van der Waals surface area contributed by atoms with Gasteiger partial charge in [-0.1, -0.05) is 30.3 Å². The fourth-order valence-corrected chi connectivity index (χ4v) is 3.03. The van der Waals surface area contributed by atoms with E-state index >= 15 is 0 Å². The van der Waals surface area contributed by atoms with Gasteiger partial charge in [0, 0.05) is 18.2 Å². The third-order valence-electron chi connectivity index (χ3n) is 3.92. The molecule has 0 amide bonds. The number of benzene rings is 2. The normalized spacial score (nSPS) is 16.6. The Kier molecular flexibility index (Phi) is 3.26. The van der Waals surface area contributed by atoms with E-state index in [4.69, 9.17) is 4.74 Å². The minimum absolute atomic E-state index is 0.000411. The number of ketones is 2. The van der Waals surface area contributed by atoms with E-state index in [-0.39, 0.29) is 23.9 Å². The van der Waals surface area contributed by atoms with Crippen molar-refractivity contribution in [2.45, 2.75) is 25.2 Å². The zero-order chi connectivity index (χ0) is 14.1. The zero-order valence-corrected chi connectivity index (χ0v) is 11.4. The first-order chi connectivity index (χ1) is 9.69. The summed E-state index contributed by atoms with van der Waals surface area (Å²) in [6.45, 7) is 0. The van der Waals surface area contributed by atoms with Gasteiger partial charge in [-0.15, -0.1) is 0 Å². The summed E-state index contributed by atoms with van der Waals surface area (Å²) >= 11 is 0. The van der Waals surface area contributed by atoms with Gasteiger partial charge in [-0.05, 0) is 22.9 Å². The van der Waals surface area contributed by atoms with Crippen LogP contribution >= 0.6 is 0 Å². The molecule has 0 aromatic heterocycles. The molecule has 0 bridgehead atoms. The van der Waals surface area contributed by atoms with Gasteiger partial charge in [-0.25, -0.2) is 0 Å². The second-order valence-corrected chi connectivity index (χ2v) is 5.26. The molecule has 0 aliphatic heterocycles. The summed E-state index contributed by atoms with van der Waals surface area (Å²) in [5.41, 5.74) is 1.07. The topological polar surface area (TPSA) is 43.4 Å². The fourth-order valence-electron chi connectivity index (χ4n) is 3.03. The summed E-state index contributed by atoms with van der Waals surface area (Å²) in [5, 5.41) is 2.09. The molecule has 0 N–H and O–H groups in total. The molecule has 1 aliphatic carbocycles. The van der Waals surface area contributed by atoms with Crippen LogP contribution in [0.15, 0.2) is 36.4 Å². The fraction of sp³-hybridized carbons (Fsp3) is 0.294. The lowest BCUT2D eigenvalue weighted by molar-refractivity contribution is -0.130. The van der Waals surface area contributed by atoms with Crippen LogP contribution in [0.4, 0.5) is 0 Å². The Balaban J connectivity index is 2.12. The van der Waals surface area contributed by atoms with Gasteiger partial charge in [-0.3, -0.25) is 9.59 Å². The molecule has 0 radical (unpaired) electrons. The Morgan fingerprint density at radius 3 is 2.25 bits per heavy atom. The first-order valence-electron chi connectivity index (χ1n) is 6.78. The van der Waals surface area contributed by atoms with Gasteiger partial charge in [0.05, 0.1) is 13.5 Å². The Morgan fingerprint density at radius 1 is 0.950 bits per heavy atom. The van der Waals surface area contributed by atoms with E-state index in [9.17, 15) is 9.59 Å². The van der Waals surface area contributed by atoms with Gasteiger partial charge in [0.15, 0.2) is 0 Å². The van der Waals surface area contributed by atoms with Crippen molar-refractivity contribution in [1.82, 2.24) is 0 Å². The molecule has 2 aromatic rings. The first-order valence-corrected chi connectivity index (χ1v) is 6.78. The number of rotatable bonds is 2. The lowest BCUT2D eigenvalue weighted by Crippen LogP contribution is -2.21. The van der Waals surface area contributed by atoms with E-state index in [1.54, 1.807) is 7.11 Å². The van der Waals surface area contributed by atoms with Crippen LogP contribution in [0.25, 0.3) is 10.8 Å². The van der Waals surface area contributed by atoms with E-state index in [0.717, 1.165) is 22.1 Å². The predicted octanol–water partition coefficient (Wildman–Crippen LogP) is 3.25. The number of fused-ring (bicyclic) bond motifs is 1. The molecule has 0 atom stereocenters. The Labute approximate surface area is 117 Å². The molecular formula is C17H16O3. The van der Waals surface area contributed by atoms with Gasteiger partial charge < -0.3 is 4.74 Å². The number of carbonyl (C=O) groups is 2. The summed E-state index contributed by atoms with van der Waals surface area (Å²) < 4.78 is 5.38. The molecule has 0 saturated heterocycles. The van der Waals surface area contributed by atoms with Crippen molar-refractivity contribution in [1.29, 1.82) is 0 Å². The van der Waals surface area contributed by atoms with Crippen LogP contribution in [0.2, 0.25) is 0 Å². The van der Waals surface area contributed by atoms with Gasteiger partial charge in [-0.2, -0.15) is 0 Å². The molecule has 102 valence electrons. The van der Waals surface area contributed by atoms with Crippen molar-refractivity contribution in [2.24, 2.45) is 0 Å². The SMILES string of the molecule is COc1ccc(C2CC(=O)CC(=O)C2)c2ccccc12. The van der Waals surface area contributed by atoms with Gasteiger partial charge in [0.2, 0.25) is 0 Å². The maximum absolute atomic E-state index is 11.7. The smallest absolute Gasteiger partial charge is 0.140 e. The largest absolute Gasteiger partial charge is 0.496 e. The van der Waals surface area contributed by atoms with Gasteiger partial charge in [0.1, 0.15) is 17.3 Å². The van der Waals surface area contributed by atoms with E-state index in [1.165, 1.54) is 0 Å². The standard InChI is InChI=1S/C17H16O3/c1-20-17-7-6-14(15-4-2-3-5-16(15)17)11-8-12(18)10-13(19)9-11/h2-7,11H,8-10H2,1H3. The van der Waals surface area contributed by atoms with Crippen LogP contribution in [-0.2, 0) is 9.59 Å². The number of Topliss-reactive ketones (excluding diaryl/α,β-unsaturated/α-hetero) is 2. The van der Waals surface area contributed by atoms with Crippen molar-refractivity contribution in [3.8, 4) is 5.75 Å². The third-order valence-corrected chi connectivity index (χ3v) is 3.92. The minimum Gasteiger partial charge on any atom is -0.496 e. The summed E-state index contributed by atoms with van der Waals surface area (Å²) in [6, 6.07) is 11.9. The monoisotopic (exact) mass is 268 g/mol. The highest BCUT2D eigenvalue weighted by Gasteiger charge is 2.27. The van der Waals surface area contributed by atoms with E-state index in [2.05, 4.69) is 0 Å². The minimum atomic E-state index is -0.000411. The predicted molar refractivity (Wildman–Crippen MR) is 77.1 cm³/mol. The molecule has 3 heteroatoms. The lowest BCUT2D eigenvalue weighted by atomic mass is 9.81. The molecule has 3 rings (SSSR count). The van der Waals surface area contributed by atoms with Crippen molar-refractivity contribution in [2.75, 3.05) is 7.11 Å². The van der Waals surface area contributed by atoms with Crippen LogP contribution in [0, 0.1) is 0 Å².